The van der Waals surface area contributed by atoms with Crippen LogP contribution in [0.25, 0.3) is 0 Å². The van der Waals surface area contributed by atoms with E-state index in [1.807, 2.05) is 0 Å². The van der Waals surface area contributed by atoms with Crippen molar-refractivity contribution in [3.63, 3.8) is 0 Å². The van der Waals surface area contributed by atoms with E-state index >= 15 is 0 Å². The molecule has 0 heterocycles. The van der Waals surface area contributed by atoms with Gasteiger partial charge in [0.2, 0.25) is 0 Å². The molecule has 0 rings (SSSR count). The summed E-state index contributed by atoms with van der Waals surface area (Å²) >= 11 is 0. The van der Waals surface area contributed by atoms with Crippen LogP contribution in [-0.2, 0) is 0 Å². The molecular weight excluding hydrogens is 255 g/mol. The molecule has 0 saturated heterocycles. The number of halogens is 8. The van der Waals surface area contributed by atoms with Gasteiger partial charge in [-0.05, 0) is 0 Å². The van der Waals surface area contributed by atoms with Crippen molar-refractivity contribution in [2.75, 3.05) is 0 Å². The second kappa shape index (κ2) is 4.32. The minimum Gasteiger partial charge on any atom is -0.331 e. The van der Waals surface area contributed by atoms with E-state index in [0.717, 1.165) is 0 Å². The molecule has 0 aromatic carbocycles. The third-order valence-corrected chi connectivity index (χ3v) is 1.15. The Hall–Kier alpha value is 0.360. The van der Waals surface area contributed by atoms with Crippen LogP contribution in [0.5, 0.6) is 0 Å². The van der Waals surface area contributed by atoms with Crippen molar-refractivity contribution in [3.05, 3.63) is 0 Å². The first-order valence-corrected chi connectivity index (χ1v) is 2.71. The number of rotatable bonds is 3. The topological polar surface area (TPSA) is 40.5 Å². The molecule has 0 aromatic heterocycles. The maximum Gasteiger partial charge on any atom is 0.423 e. The maximum atomic E-state index is 11.8. The van der Waals surface area contributed by atoms with Gasteiger partial charge in [-0.2, -0.15) is 35.1 Å². The monoisotopic (exact) mass is 257 g/mol. The first-order chi connectivity index (χ1) is 5.75. The van der Waals surface area contributed by atoms with Crippen molar-refractivity contribution in [3.8, 4) is 0 Å². The Balaban J connectivity index is 0. The van der Waals surface area contributed by atoms with Crippen LogP contribution >= 0.6 is 0 Å². The van der Waals surface area contributed by atoms with E-state index in [0.29, 0.717) is 0 Å². The predicted octanol–water partition coefficient (Wildman–Crippen LogP) is 1.05. The van der Waals surface area contributed by atoms with E-state index in [1.54, 1.807) is 0 Å². The smallest absolute Gasteiger partial charge is 0.331 e. The maximum absolute atomic E-state index is 11.8. The van der Waals surface area contributed by atoms with Crippen LogP contribution in [-0.4, -0.2) is 63.8 Å². The van der Waals surface area contributed by atoms with Crippen LogP contribution in [0.15, 0.2) is 0 Å². The predicted molar refractivity (Wildman–Crippen MR) is 30.0 cm³/mol. The van der Waals surface area contributed by atoms with Crippen LogP contribution in [0.2, 0.25) is 0 Å². The molecule has 0 aliphatic carbocycles. The van der Waals surface area contributed by atoms with E-state index in [9.17, 15) is 35.1 Å². The third kappa shape index (κ3) is 2.93. The Labute approximate surface area is 99.2 Å². The van der Waals surface area contributed by atoms with Gasteiger partial charge in [0.1, 0.15) is 0 Å². The van der Waals surface area contributed by atoms with Gasteiger partial charge in [0.15, 0.2) is 0 Å². The zero-order valence-electron chi connectivity index (χ0n) is 6.92. The summed E-state index contributed by atoms with van der Waals surface area (Å²) in [7, 11) is 0. The quantitative estimate of drug-likeness (QED) is 0.586. The fourth-order valence-electron chi connectivity index (χ4n) is 0.378. The molecule has 0 saturated carbocycles. The summed E-state index contributed by atoms with van der Waals surface area (Å²) in [5, 5.41) is 14.5. The van der Waals surface area contributed by atoms with Gasteiger partial charge in [0.25, 0.3) is 0 Å². The van der Waals surface area contributed by atoms with E-state index in [1.165, 1.54) is 0 Å². The molecule has 0 bridgehead atoms. The fraction of sp³-hybridized carbons (Fsp3) is 1.00. The molecule has 0 spiro atoms. The van der Waals surface area contributed by atoms with Crippen LogP contribution in [0.4, 0.5) is 35.1 Å². The molecule has 0 atom stereocenters. The third-order valence-electron chi connectivity index (χ3n) is 1.15. The van der Waals surface area contributed by atoms with Crippen LogP contribution in [0.1, 0.15) is 0 Å². The summed E-state index contributed by atoms with van der Waals surface area (Å²) in [6.07, 6.45) is -12.8. The standard InChI is InChI=1S/C4H2F8O2.Na/c5-1(6,3(9,10)13)2(7,8)4(11,12)14;/h13-14H;. The van der Waals surface area contributed by atoms with Crippen molar-refractivity contribution < 1.29 is 45.3 Å². The van der Waals surface area contributed by atoms with Gasteiger partial charge in [-0.15, -0.1) is 0 Å². The van der Waals surface area contributed by atoms with Gasteiger partial charge < -0.3 is 10.2 Å². The van der Waals surface area contributed by atoms with Gasteiger partial charge in [0, 0.05) is 29.6 Å². The van der Waals surface area contributed by atoms with Crippen LogP contribution < -0.4 is 0 Å². The molecule has 87 valence electrons. The SMILES string of the molecule is OC(F)(F)C(F)(F)C(F)(F)C(O)(F)F.[Na]. The normalized spacial score (nSPS) is 14.8. The van der Waals surface area contributed by atoms with Gasteiger partial charge in [-0.3, -0.25) is 0 Å². The molecule has 15 heavy (non-hydrogen) atoms. The number of hydrogen-bond donors (Lipinski definition) is 2. The molecule has 2 nitrogen and oxygen atoms in total. The Morgan fingerprint density at radius 1 is 0.533 bits per heavy atom. The minimum atomic E-state index is -6.79. The Morgan fingerprint density at radius 3 is 0.733 bits per heavy atom. The zero-order valence-corrected chi connectivity index (χ0v) is 8.92. The van der Waals surface area contributed by atoms with E-state index in [4.69, 9.17) is 10.2 Å². The zero-order chi connectivity index (χ0) is 12.0. The molecule has 1 radical (unpaired) electrons. The van der Waals surface area contributed by atoms with E-state index < -0.39 is 24.1 Å². The summed E-state index contributed by atoms with van der Waals surface area (Å²) in [4.78, 5) is 0. The Morgan fingerprint density at radius 2 is 0.667 bits per heavy atom. The summed E-state index contributed by atoms with van der Waals surface area (Å²) in [5.41, 5.74) is 0. The average Bonchev–Trinajstić information content (AvgIpc) is 1.81. The average molecular weight is 257 g/mol. The van der Waals surface area contributed by atoms with Gasteiger partial charge >= 0.3 is 24.1 Å². The Kier molecular flexibility index (Phi) is 5.11. The molecule has 2 N–H and O–H groups in total. The van der Waals surface area contributed by atoms with E-state index in [-0.39, 0.29) is 29.6 Å². The van der Waals surface area contributed by atoms with Crippen molar-refractivity contribution in [1.29, 1.82) is 0 Å². The second-order valence-electron chi connectivity index (χ2n) is 2.23. The Bertz CT molecular complexity index is 194. The van der Waals surface area contributed by atoms with Crippen LogP contribution in [0, 0.1) is 0 Å². The first kappa shape index (κ1) is 17.7. The van der Waals surface area contributed by atoms with Gasteiger partial charge in [-0.25, -0.2) is 0 Å². The van der Waals surface area contributed by atoms with Crippen molar-refractivity contribution in [2.45, 2.75) is 24.1 Å². The van der Waals surface area contributed by atoms with Gasteiger partial charge in [-0.1, -0.05) is 0 Å². The van der Waals surface area contributed by atoms with Gasteiger partial charge in [0.05, 0.1) is 0 Å². The number of hydrogen-bond acceptors (Lipinski definition) is 2. The molecule has 0 amide bonds. The summed E-state index contributed by atoms with van der Waals surface area (Å²) in [5.74, 6) is -13.6. The number of alkyl halides is 8. The first-order valence-electron chi connectivity index (χ1n) is 2.71. The molecular formula is C4H2F8NaO2. The summed E-state index contributed by atoms with van der Waals surface area (Å²) < 4.78 is 92.9. The van der Waals surface area contributed by atoms with Crippen molar-refractivity contribution in [2.24, 2.45) is 0 Å². The molecule has 0 unspecified atom stereocenters. The van der Waals surface area contributed by atoms with Crippen molar-refractivity contribution >= 4 is 29.6 Å². The fourth-order valence-corrected chi connectivity index (χ4v) is 0.378. The van der Waals surface area contributed by atoms with E-state index in [2.05, 4.69) is 0 Å². The largest absolute Gasteiger partial charge is 0.423 e. The molecule has 0 aliphatic heterocycles. The van der Waals surface area contributed by atoms with Crippen molar-refractivity contribution in [1.82, 2.24) is 0 Å². The van der Waals surface area contributed by atoms with Crippen LogP contribution in [0.3, 0.4) is 0 Å². The minimum absolute atomic E-state index is 0. The molecule has 11 heteroatoms. The molecule has 0 aromatic rings. The molecule has 0 aliphatic rings. The second-order valence-corrected chi connectivity index (χ2v) is 2.23. The molecule has 0 fully saturated rings. The summed E-state index contributed by atoms with van der Waals surface area (Å²) in [6.45, 7) is 0. The summed E-state index contributed by atoms with van der Waals surface area (Å²) in [6, 6.07) is 0. The number of aliphatic hydroxyl groups is 2.